The molecule has 0 aliphatic carbocycles. The predicted molar refractivity (Wildman–Crippen MR) is 95.9 cm³/mol. The van der Waals surface area contributed by atoms with E-state index in [1.54, 1.807) is 7.11 Å². The van der Waals surface area contributed by atoms with Gasteiger partial charge in [-0.1, -0.05) is 37.3 Å². The van der Waals surface area contributed by atoms with E-state index in [9.17, 15) is 4.79 Å². The third kappa shape index (κ3) is 2.18. The summed E-state index contributed by atoms with van der Waals surface area (Å²) in [5.41, 5.74) is 1.20. The van der Waals surface area contributed by atoms with Gasteiger partial charge in [0.15, 0.2) is 5.54 Å². The van der Waals surface area contributed by atoms with E-state index in [2.05, 4.69) is 29.3 Å². The maximum atomic E-state index is 13.2. The minimum atomic E-state index is -0.754. The van der Waals surface area contributed by atoms with Gasteiger partial charge in [0, 0.05) is 11.6 Å². The lowest BCUT2D eigenvalue weighted by Crippen LogP contribution is -2.70. The number of methoxy groups -OCH3 is 1. The third-order valence-electron chi connectivity index (χ3n) is 5.36. The molecule has 0 radical (unpaired) electrons. The van der Waals surface area contributed by atoms with Crippen LogP contribution in [-0.4, -0.2) is 25.1 Å². The van der Waals surface area contributed by atoms with Crippen molar-refractivity contribution in [1.29, 1.82) is 0 Å². The van der Waals surface area contributed by atoms with Gasteiger partial charge in [0.25, 0.3) is 5.91 Å². The summed E-state index contributed by atoms with van der Waals surface area (Å²) in [7, 11) is 1.64. The molecular weight excluding hydrogens is 314 g/mol. The summed E-state index contributed by atoms with van der Waals surface area (Å²) >= 11 is 0. The minimum Gasteiger partial charge on any atom is -0.497 e. The van der Waals surface area contributed by atoms with E-state index in [4.69, 9.17) is 4.74 Å². The van der Waals surface area contributed by atoms with Gasteiger partial charge in [0.05, 0.1) is 19.7 Å². The Balaban J connectivity index is 1.79. The summed E-state index contributed by atoms with van der Waals surface area (Å²) in [4.78, 5) is 15.1. The second-order valence-corrected chi connectivity index (χ2v) is 6.54. The summed E-state index contributed by atoms with van der Waals surface area (Å²) in [6.07, 6.45) is 0.887. The molecule has 5 nitrogen and oxygen atoms in total. The lowest BCUT2D eigenvalue weighted by Gasteiger charge is -2.54. The van der Waals surface area contributed by atoms with Gasteiger partial charge in [-0.2, -0.15) is 10.2 Å². The Hall–Kier alpha value is -2.69. The molecule has 2 aliphatic heterocycles. The maximum absolute atomic E-state index is 13.2. The molecule has 2 aromatic carbocycles. The molecule has 0 bridgehead atoms. The monoisotopic (exact) mass is 335 g/mol. The van der Waals surface area contributed by atoms with Crippen molar-refractivity contribution >= 4 is 11.6 Å². The standard InChI is InChI=1S/C20H21N3O2/c1-3-15-13-21-22-20(15)18(14-7-5-4-6-8-14)23(19(20)24)16-9-11-17(25-2)12-10-16/h4-12,15,18H,3,13H2,1-2H3/t15?,18-,20-/m1/s1. The Bertz CT molecular complexity index is 803. The minimum absolute atomic E-state index is 0.0413. The van der Waals surface area contributed by atoms with Crippen LogP contribution in [0.5, 0.6) is 5.75 Å². The lowest BCUT2D eigenvalue weighted by molar-refractivity contribution is -0.134. The number of hydrogen-bond acceptors (Lipinski definition) is 4. The van der Waals surface area contributed by atoms with Crippen molar-refractivity contribution in [3.63, 3.8) is 0 Å². The number of hydrogen-bond donors (Lipinski definition) is 0. The van der Waals surface area contributed by atoms with E-state index in [1.165, 1.54) is 0 Å². The van der Waals surface area contributed by atoms with Crippen LogP contribution in [0.4, 0.5) is 5.69 Å². The highest BCUT2D eigenvalue weighted by molar-refractivity contribution is 6.10. The first-order valence-corrected chi connectivity index (χ1v) is 8.63. The first-order chi connectivity index (χ1) is 12.2. The SMILES string of the molecule is CCC1CN=N[C@]12C(=O)N(c1ccc(OC)cc1)[C@@H]2c1ccccc1. The van der Waals surface area contributed by atoms with Gasteiger partial charge >= 0.3 is 0 Å². The number of β-lactam (4-membered cyclic amide) rings is 1. The Labute approximate surface area is 147 Å². The molecule has 3 atom stereocenters. The highest BCUT2D eigenvalue weighted by Crippen LogP contribution is 2.55. The number of azo groups is 1. The van der Waals surface area contributed by atoms with Crippen LogP contribution in [0.15, 0.2) is 64.8 Å². The smallest absolute Gasteiger partial charge is 0.260 e. The second kappa shape index (κ2) is 5.99. The predicted octanol–water partition coefficient (Wildman–Crippen LogP) is 4.01. The summed E-state index contributed by atoms with van der Waals surface area (Å²) in [6, 6.07) is 17.6. The van der Waals surface area contributed by atoms with Crippen molar-refractivity contribution < 1.29 is 9.53 Å². The number of benzene rings is 2. The van der Waals surface area contributed by atoms with Gasteiger partial charge < -0.3 is 4.74 Å². The van der Waals surface area contributed by atoms with Crippen molar-refractivity contribution in [1.82, 2.24) is 0 Å². The van der Waals surface area contributed by atoms with Crippen molar-refractivity contribution in [2.24, 2.45) is 16.1 Å². The Morgan fingerprint density at radius 3 is 2.52 bits per heavy atom. The molecule has 128 valence electrons. The number of carbonyl (C=O) groups excluding carboxylic acids is 1. The first-order valence-electron chi connectivity index (χ1n) is 8.63. The fourth-order valence-electron chi connectivity index (χ4n) is 4.02. The highest BCUT2D eigenvalue weighted by atomic mass is 16.5. The molecule has 5 heteroatoms. The molecule has 0 saturated carbocycles. The van der Waals surface area contributed by atoms with Crippen LogP contribution in [0, 0.1) is 5.92 Å². The van der Waals surface area contributed by atoms with Gasteiger partial charge in [-0.15, -0.1) is 0 Å². The van der Waals surface area contributed by atoms with Crippen LogP contribution in [-0.2, 0) is 4.79 Å². The van der Waals surface area contributed by atoms with Crippen LogP contribution in [0.2, 0.25) is 0 Å². The van der Waals surface area contributed by atoms with E-state index in [-0.39, 0.29) is 17.9 Å². The molecule has 1 fully saturated rings. The molecule has 25 heavy (non-hydrogen) atoms. The molecule has 2 heterocycles. The van der Waals surface area contributed by atoms with Crippen LogP contribution >= 0.6 is 0 Å². The number of ether oxygens (including phenoxy) is 1. The third-order valence-corrected chi connectivity index (χ3v) is 5.36. The zero-order valence-electron chi connectivity index (χ0n) is 14.4. The Kier molecular flexibility index (Phi) is 3.79. The molecule has 0 aromatic heterocycles. The average Bonchev–Trinajstić information content (AvgIpc) is 3.12. The lowest BCUT2D eigenvalue weighted by atomic mass is 9.67. The van der Waals surface area contributed by atoms with Gasteiger partial charge in [-0.25, -0.2) is 0 Å². The number of nitrogens with zero attached hydrogens (tertiary/aromatic N) is 3. The topological polar surface area (TPSA) is 54.3 Å². The molecule has 1 spiro atoms. The fraction of sp³-hybridized carbons (Fsp3) is 0.350. The Morgan fingerprint density at radius 2 is 1.88 bits per heavy atom. The summed E-state index contributed by atoms with van der Waals surface area (Å²) in [5, 5.41) is 8.73. The summed E-state index contributed by atoms with van der Waals surface area (Å²) in [5.74, 6) is 0.967. The first kappa shape index (κ1) is 15.8. The Morgan fingerprint density at radius 1 is 1.16 bits per heavy atom. The zero-order chi connectivity index (χ0) is 17.4. The molecule has 0 N–H and O–H groups in total. The molecule has 2 aliphatic rings. The average molecular weight is 335 g/mol. The number of rotatable bonds is 4. The van der Waals surface area contributed by atoms with Gasteiger partial charge in [-0.3, -0.25) is 9.69 Å². The molecular formula is C20H21N3O2. The van der Waals surface area contributed by atoms with Crippen molar-refractivity contribution in [3.8, 4) is 5.75 Å². The molecule has 2 aromatic rings. The quantitative estimate of drug-likeness (QED) is 0.793. The zero-order valence-corrected chi connectivity index (χ0v) is 14.4. The van der Waals surface area contributed by atoms with Crippen molar-refractivity contribution in [3.05, 3.63) is 60.2 Å². The van der Waals surface area contributed by atoms with Crippen LogP contribution in [0.25, 0.3) is 0 Å². The highest BCUT2D eigenvalue weighted by Gasteiger charge is 2.67. The normalized spacial score (nSPS) is 27.6. The summed E-state index contributed by atoms with van der Waals surface area (Å²) in [6.45, 7) is 2.73. The fourth-order valence-corrected chi connectivity index (χ4v) is 4.02. The van der Waals surface area contributed by atoms with Crippen molar-refractivity contribution in [2.45, 2.75) is 24.9 Å². The van der Waals surface area contributed by atoms with Crippen LogP contribution in [0.3, 0.4) is 0 Å². The van der Waals surface area contributed by atoms with E-state index in [0.717, 1.165) is 23.4 Å². The van der Waals surface area contributed by atoms with Gasteiger partial charge in [-0.05, 0) is 36.2 Å². The molecule has 4 rings (SSSR count). The molecule has 1 amide bonds. The van der Waals surface area contributed by atoms with Gasteiger partial charge in [0.1, 0.15) is 5.75 Å². The van der Waals surface area contributed by atoms with E-state index in [0.29, 0.717) is 6.54 Å². The number of anilines is 1. The van der Waals surface area contributed by atoms with Gasteiger partial charge in [0.2, 0.25) is 0 Å². The van der Waals surface area contributed by atoms with Crippen LogP contribution < -0.4 is 9.64 Å². The molecule has 1 saturated heterocycles. The largest absolute Gasteiger partial charge is 0.497 e. The summed E-state index contributed by atoms with van der Waals surface area (Å²) < 4.78 is 5.23. The molecule has 1 unspecified atom stereocenters. The maximum Gasteiger partial charge on any atom is 0.260 e. The van der Waals surface area contributed by atoms with E-state index < -0.39 is 5.54 Å². The van der Waals surface area contributed by atoms with E-state index in [1.807, 2.05) is 47.4 Å². The second-order valence-electron chi connectivity index (χ2n) is 6.54. The number of amides is 1. The number of carbonyl (C=O) groups is 1. The van der Waals surface area contributed by atoms with Crippen LogP contribution in [0.1, 0.15) is 24.9 Å². The van der Waals surface area contributed by atoms with Crippen molar-refractivity contribution in [2.75, 3.05) is 18.6 Å². The van der Waals surface area contributed by atoms with E-state index >= 15 is 0 Å².